The Morgan fingerprint density at radius 2 is 0.500 bits per heavy atom. The van der Waals surface area contributed by atoms with Crippen molar-refractivity contribution in [1.82, 2.24) is 0 Å². The molecule has 8 nitrogen and oxygen atoms in total. The van der Waals surface area contributed by atoms with Crippen molar-refractivity contribution < 1.29 is 69.5 Å². The fraction of sp³-hybridized carbons (Fsp3) is 0. The molecule has 0 aliphatic heterocycles. The van der Waals surface area contributed by atoms with E-state index in [1.807, 2.05) is 0 Å². The maximum Gasteiger partial charge on any atom is 6.00 e. The van der Waals surface area contributed by atoms with Gasteiger partial charge in [0.2, 0.25) is 0 Å². The first kappa shape index (κ1) is 23.9. The molecule has 0 amide bonds. The smallest absolute Gasteiger partial charge is 0.894 e. The van der Waals surface area contributed by atoms with Crippen LogP contribution in [0.15, 0.2) is 0 Å². The monoisotopic (exact) mass is 462 g/mol. The summed E-state index contributed by atoms with van der Waals surface area (Å²) in [5.41, 5.74) is 0. The van der Waals surface area contributed by atoms with Crippen LogP contribution < -0.4 is 38.4 Å². The molecule has 12 heavy (non-hydrogen) atoms. The zero-order valence-corrected chi connectivity index (χ0v) is 13.8. The largest absolute Gasteiger partial charge is 6.00 e. The van der Waals surface area contributed by atoms with Crippen molar-refractivity contribution >= 4 is 55.8 Å². The molecule has 0 bridgehead atoms. The van der Waals surface area contributed by atoms with E-state index >= 15 is 0 Å². The van der Waals surface area contributed by atoms with Crippen LogP contribution in [0.2, 0.25) is 0 Å². The van der Waals surface area contributed by atoms with E-state index in [0.29, 0.717) is 0 Å². The van der Waals surface area contributed by atoms with Gasteiger partial charge < -0.3 is 56.5 Å². The van der Waals surface area contributed by atoms with Crippen LogP contribution in [0.3, 0.4) is 0 Å². The molecule has 0 unspecified atom stereocenters. The quantitative estimate of drug-likeness (QED) is 0.318. The van der Waals surface area contributed by atoms with E-state index in [9.17, 15) is 0 Å². The molecule has 0 aliphatic rings. The predicted molar refractivity (Wildman–Crippen MR) is 17.3 cm³/mol. The van der Waals surface area contributed by atoms with E-state index in [1.54, 1.807) is 0 Å². The third-order valence-corrected chi connectivity index (χ3v) is 0. The summed E-state index contributed by atoms with van der Waals surface area (Å²) in [6.07, 6.45) is 0. The number of hydrogen-bond acceptors (Lipinski definition) is 8. The molecule has 0 aromatic heterocycles. The fourth-order valence-corrected chi connectivity index (χ4v) is 0. The second-order valence-electron chi connectivity index (χ2n) is 1.00. The van der Waals surface area contributed by atoms with Crippen molar-refractivity contribution in [2.45, 2.75) is 0 Å². The molecule has 0 radical (unpaired) electrons. The van der Waals surface area contributed by atoms with Crippen LogP contribution in [0.1, 0.15) is 0 Å². The normalized spacial score (nSPS) is 10.0. The van der Waals surface area contributed by atoms with Gasteiger partial charge in [0.05, 0.1) is 0 Å². The maximum absolute atomic E-state index is 8.58. The Balaban J connectivity index is -0.0000000457. The Hall–Kier alpha value is 2.43. The fourth-order valence-electron chi connectivity index (χ4n) is 0. The van der Waals surface area contributed by atoms with Crippen molar-refractivity contribution in [3.63, 3.8) is 0 Å². The zero-order valence-electron chi connectivity index (χ0n) is 5.47. The Morgan fingerprint density at radius 1 is 0.500 bits per heavy atom. The van der Waals surface area contributed by atoms with Crippen LogP contribution in [0.4, 0.5) is 0 Å². The molecule has 0 aromatic rings. The molecule has 0 saturated heterocycles. The van der Waals surface area contributed by atoms with Gasteiger partial charge >= 0.3 is 68.9 Å². The molecular formula is CaO8Si2U. The molecule has 0 spiro atoms. The van der Waals surface area contributed by atoms with E-state index in [2.05, 4.69) is 0 Å². The van der Waals surface area contributed by atoms with Gasteiger partial charge in [0.25, 0.3) is 0 Å². The summed E-state index contributed by atoms with van der Waals surface area (Å²) < 4.78 is 0. The molecule has 0 aliphatic carbocycles. The van der Waals surface area contributed by atoms with Crippen molar-refractivity contribution in [2.24, 2.45) is 0 Å². The molecule has 0 atom stereocenters. The summed E-state index contributed by atoms with van der Waals surface area (Å²) >= 11 is 0. The van der Waals surface area contributed by atoms with Crippen molar-refractivity contribution in [3.05, 3.63) is 0 Å². The minimum Gasteiger partial charge on any atom is -0.894 e. The van der Waals surface area contributed by atoms with Crippen LogP contribution in [0.25, 0.3) is 0 Å². The molecule has 12 heteroatoms. The Kier molecular flexibility index (Phi) is 19.9. The summed E-state index contributed by atoms with van der Waals surface area (Å²) in [6.45, 7) is 0. The summed E-state index contributed by atoms with van der Waals surface area (Å²) in [5.74, 6) is 0. The number of rotatable bonds is 0. The minimum absolute atomic E-state index is 0. The first-order valence-corrected chi connectivity index (χ1v) is 4.90. The molecule has 0 rings (SSSR count). The molecule has 0 fully saturated rings. The van der Waals surface area contributed by atoms with Gasteiger partial charge in [0.1, 0.15) is 0 Å². The van der Waals surface area contributed by atoms with Crippen molar-refractivity contribution in [1.29, 1.82) is 0 Å². The van der Waals surface area contributed by atoms with Gasteiger partial charge in [0.15, 0.2) is 0 Å². The Bertz CT molecular complexity index is 60.0. The van der Waals surface area contributed by atoms with Gasteiger partial charge in [0, 0.05) is 0 Å². The van der Waals surface area contributed by atoms with Gasteiger partial charge in [-0.2, -0.15) is 0 Å². The molecular weight excluding hydrogens is 462 g/mol. The summed E-state index contributed by atoms with van der Waals surface area (Å²) in [6, 6.07) is 0. The van der Waals surface area contributed by atoms with Gasteiger partial charge in [-0.05, 0) is 0 Å². The van der Waals surface area contributed by atoms with Crippen LogP contribution in [0.5, 0.6) is 0 Å². The second-order valence-corrected chi connectivity index (χ2v) is 3.00. The van der Waals surface area contributed by atoms with Gasteiger partial charge in [-0.1, -0.05) is 0 Å². The molecule has 0 saturated carbocycles. The average Bonchev–Trinajstić information content (AvgIpc) is 1.12. The SMILES string of the molecule is [Ca+2].[O-][Si]([O-])([O-])[O-].[O-][Si]([O-])([O-])[O-].[U+6]. The van der Waals surface area contributed by atoms with Crippen LogP contribution in [-0.4, -0.2) is 55.8 Å². The summed E-state index contributed by atoms with van der Waals surface area (Å²) in [5, 5.41) is 0. The third-order valence-electron chi connectivity index (χ3n) is 0. The number of hydrogen-bond donors (Lipinski definition) is 0. The maximum atomic E-state index is 8.58. The standard InChI is InChI=1S/Ca.2O4Si.U/c;2*1-5(2,3)4;/q+2;2*-4;+6. The molecule has 62 valence electrons. The molecule has 0 N–H and O–H groups in total. The summed E-state index contributed by atoms with van der Waals surface area (Å²) in [4.78, 5) is 68.6. The van der Waals surface area contributed by atoms with Crippen LogP contribution >= 0.6 is 0 Å². The first-order valence-electron chi connectivity index (χ1n) is 1.63. The summed E-state index contributed by atoms with van der Waals surface area (Å²) in [7, 11) is -11.2. The van der Waals surface area contributed by atoms with E-state index in [1.165, 1.54) is 0 Å². The molecule has 0 heterocycles. The van der Waals surface area contributed by atoms with Gasteiger partial charge in [-0.15, -0.1) is 0 Å². The Morgan fingerprint density at radius 3 is 0.500 bits per heavy atom. The van der Waals surface area contributed by atoms with E-state index in [4.69, 9.17) is 38.4 Å². The van der Waals surface area contributed by atoms with E-state index < -0.39 is 18.1 Å². The molecule has 0 aromatic carbocycles. The topological polar surface area (TPSA) is 184 Å². The Labute approximate surface area is 123 Å². The van der Waals surface area contributed by atoms with Gasteiger partial charge in [-0.3, -0.25) is 0 Å². The van der Waals surface area contributed by atoms with E-state index in [-0.39, 0.29) is 68.9 Å². The van der Waals surface area contributed by atoms with Crippen molar-refractivity contribution in [2.75, 3.05) is 0 Å². The first-order chi connectivity index (χ1) is 4.00. The third kappa shape index (κ3) is 276. The van der Waals surface area contributed by atoms with Crippen LogP contribution in [0, 0.1) is 31.1 Å². The average molecular weight is 462 g/mol. The minimum atomic E-state index is -5.61. The van der Waals surface area contributed by atoms with Crippen LogP contribution in [-0.2, 0) is 0 Å². The second kappa shape index (κ2) is 9.96. The van der Waals surface area contributed by atoms with E-state index in [0.717, 1.165) is 0 Å². The van der Waals surface area contributed by atoms with Gasteiger partial charge in [-0.25, -0.2) is 0 Å². The predicted octanol–water partition coefficient (Wildman–Crippen LogP) is -10.7. The zero-order chi connectivity index (χ0) is 9.00. The van der Waals surface area contributed by atoms with Crippen molar-refractivity contribution in [3.8, 4) is 0 Å².